The molecule has 1 N–H and O–H groups in total. The van der Waals surface area contributed by atoms with E-state index >= 15 is 0 Å². The Morgan fingerprint density at radius 1 is 1.21 bits per heavy atom. The molecular weight excluding hydrogens is 172 g/mol. The molecule has 14 heavy (non-hydrogen) atoms. The van der Waals surface area contributed by atoms with Gasteiger partial charge in [0.2, 0.25) is 0 Å². The zero-order valence-electron chi connectivity index (χ0n) is 8.17. The van der Waals surface area contributed by atoms with Gasteiger partial charge in [-0.2, -0.15) is 0 Å². The third-order valence-electron chi connectivity index (χ3n) is 2.96. The van der Waals surface area contributed by atoms with Crippen LogP contribution in [0.25, 0.3) is 10.9 Å². The molecule has 1 aromatic heterocycles. The van der Waals surface area contributed by atoms with E-state index < -0.39 is 0 Å². The Labute approximate surface area is 83.0 Å². The van der Waals surface area contributed by atoms with E-state index in [9.17, 15) is 0 Å². The van der Waals surface area contributed by atoms with Crippen LogP contribution < -0.4 is 5.32 Å². The summed E-state index contributed by atoms with van der Waals surface area (Å²) >= 11 is 0. The van der Waals surface area contributed by atoms with Crippen LogP contribution in [0.5, 0.6) is 0 Å². The molecule has 2 heterocycles. The van der Waals surface area contributed by atoms with Gasteiger partial charge in [0.05, 0.1) is 11.2 Å². The van der Waals surface area contributed by atoms with Gasteiger partial charge in [-0.3, -0.25) is 4.98 Å². The molecule has 0 saturated heterocycles. The molecule has 2 heteroatoms. The van der Waals surface area contributed by atoms with Crippen molar-refractivity contribution in [3.05, 3.63) is 41.1 Å². The summed E-state index contributed by atoms with van der Waals surface area (Å²) < 4.78 is 0. The fourth-order valence-corrected chi connectivity index (χ4v) is 2.17. The molecule has 0 aliphatic carbocycles. The van der Waals surface area contributed by atoms with Crippen molar-refractivity contribution < 1.29 is 0 Å². The van der Waals surface area contributed by atoms with Crippen LogP contribution in [0, 0.1) is 6.92 Å². The second kappa shape index (κ2) is 2.79. The molecule has 0 amide bonds. The Bertz CT molecular complexity index is 503. The number of nitrogens with zero attached hydrogens (tertiary/aromatic N) is 1. The molecule has 0 spiro atoms. The van der Waals surface area contributed by atoms with Gasteiger partial charge in [0.1, 0.15) is 0 Å². The molecule has 1 aliphatic rings. The van der Waals surface area contributed by atoms with E-state index in [1.165, 1.54) is 22.2 Å². The summed E-state index contributed by atoms with van der Waals surface area (Å²) in [5.74, 6) is 0. The molecule has 1 aliphatic heterocycles. The van der Waals surface area contributed by atoms with Gasteiger partial charge in [-0.05, 0) is 24.1 Å². The highest BCUT2D eigenvalue weighted by Gasteiger charge is 2.15. The molecule has 0 fully saturated rings. The van der Waals surface area contributed by atoms with Crippen LogP contribution in [-0.4, -0.2) is 4.98 Å². The van der Waals surface area contributed by atoms with Gasteiger partial charge in [-0.25, -0.2) is 0 Å². The molecule has 3 rings (SSSR count). The van der Waals surface area contributed by atoms with Crippen molar-refractivity contribution in [3.63, 3.8) is 0 Å². The molecular formula is C12H12N2. The van der Waals surface area contributed by atoms with Crippen molar-refractivity contribution in [1.29, 1.82) is 0 Å². The van der Waals surface area contributed by atoms with Crippen LogP contribution in [0.3, 0.4) is 0 Å². The Morgan fingerprint density at radius 3 is 3.00 bits per heavy atom. The summed E-state index contributed by atoms with van der Waals surface area (Å²) in [4.78, 5) is 4.65. The average Bonchev–Trinajstić information content (AvgIpc) is 2.66. The zero-order chi connectivity index (χ0) is 9.54. The van der Waals surface area contributed by atoms with Gasteiger partial charge >= 0.3 is 0 Å². The predicted octanol–water partition coefficient (Wildman–Crippen LogP) is 2.15. The van der Waals surface area contributed by atoms with E-state index in [-0.39, 0.29) is 0 Å². The molecule has 0 saturated carbocycles. The van der Waals surface area contributed by atoms with Gasteiger partial charge in [-0.15, -0.1) is 0 Å². The van der Waals surface area contributed by atoms with Gasteiger partial charge in [0.25, 0.3) is 0 Å². The number of rotatable bonds is 0. The van der Waals surface area contributed by atoms with E-state index in [0.717, 1.165) is 18.6 Å². The van der Waals surface area contributed by atoms with Crippen LogP contribution in [0.2, 0.25) is 0 Å². The number of fused-ring (bicyclic) bond motifs is 2. The van der Waals surface area contributed by atoms with Crippen LogP contribution in [0.15, 0.2) is 24.3 Å². The Morgan fingerprint density at radius 2 is 2.07 bits per heavy atom. The normalized spacial score (nSPS) is 14.6. The Kier molecular flexibility index (Phi) is 1.58. The summed E-state index contributed by atoms with van der Waals surface area (Å²) in [5, 5.41) is 4.63. The minimum Gasteiger partial charge on any atom is -0.307 e. The van der Waals surface area contributed by atoms with Crippen LogP contribution in [0.1, 0.15) is 16.8 Å². The topological polar surface area (TPSA) is 24.9 Å². The first kappa shape index (κ1) is 7.94. The number of nitrogens with one attached hydrogen (secondary N) is 1. The molecule has 0 bridgehead atoms. The van der Waals surface area contributed by atoms with E-state index in [0.29, 0.717) is 0 Å². The number of hydrogen-bond acceptors (Lipinski definition) is 2. The third kappa shape index (κ3) is 0.976. The SMILES string of the molecule is Cc1c2c(nc3ccccc13)CNC2. The van der Waals surface area contributed by atoms with Gasteiger partial charge in [-0.1, -0.05) is 18.2 Å². The predicted molar refractivity (Wildman–Crippen MR) is 57.0 cm³/mol. The maximum Gasteiger partial charge on any atom is 0.0708 e. The van der Waals surface area contributed by atoms with Crippen LogP contribution >= 0.6 is 0 Å². The second-order valence-electron chi connectivity index (χ2n) is 3.78. The lowest BCUT2D eigenvalue weighted by Crippen LogP contribution is -2.00. The summed E-state index contributed by atoms with van der Waals surface area (Å²) in [6.07, 6.45) is 0. The highest BCUT2D eigenvalue weighted by atomic mass is 14.9. The monoisotopic (exact) mass is 184 g/mol. The van der Waals surface area contributed by atoms with E-state index in [4.69, 9.17) is 0 Å². The third-order valence-corrected chi connectivity index (χ3v) is 2.96. The number of para-hydroxylation sites is 1. The molecule has 0 atom stereocenters. The standard InChI is InChI=1S/C12H12N2/c1-8-9-4-2-3-5-11(9)14-12-7-13-6-10(8)12/h2-5,13H,6-7H2,1H3. The number of aromatic nitrogens is 1. The molecule has 0 radical (unpaired) electrons. The molecule has 70 valence electrons. The highest BCUT2D eigenvalue weighted by Crippen LogP contribution is 2.25. The number of aryl methyl sites for hydroxylation is 1. The van der Waals surface area contributed by atoms with E-state index in [1.807, 2.05) is 6.07 Å². The summed E-state index contributed by atoms with van der Waals surface area (Å²) in [5.41, 5.74) is 5.12. The number of pyridine rings is 1. The Hall–Kier alpha value is -1.41. The fraction of sp³-hybridized carbons (Fsp3) is 0.250. The largest absolute Gasteiger partial charge is 0.307 e. The van der Waals surface area contributed by atoms with Crippen LogP contribution in [-0.2, 0) is 13.1 Å². The smallest absolute Gasteiger partial charge is 0.0708 e. The molecule has 0 unspecified atom stereocenters. The zero-order valence-corrected chi connectivity index (χ0v) is 8.17. The summed E-state index contributed by atoms with van der Waals surface area (Å²) in [6, 6.07) is 8.35. The van der Waals surface area contributed by atoms with E-state index in [1.54, 1.807) is 0 Å². The average molecular weight is 184 g/mol. The van der Waals surface area contributed by atoms with Crippen molar-refractivity contribution in [2.24, 2.45) is 0 Å². The van der Waals surface area contributed by atoms with Gasteiger partial charge < -0.3 is 5.32 Å². The minimum atomic E-state index is 0.918. The van der Waals surface area contributed by atoms with Crippen molar-refractivity contribution >= 4 is 10.9 Å². The second-order valence-corrected chi connectivity index (χ2v) is 3.78. The molecule has 2 aromatic rings. The summed E-state index contributed by atoms with van der Waals surface area (Å²) in [6.45, 7) is 4.08. The first-order valence-electron chi connectivity index (χ1n) is 4.94. The maximum absolute atomic E-state index is 4.65. The lowest BCUT2D eigenvalue weighted by atomic mass is 10.0. The van der Waals surface area contributed by atoms with Crippen LogP contribution in [0.4, 0.5) is 0 Å². The summed E-state index contributed by atoms with van der Waals surface area (Å²) in [7, 11) is 0. The lowest BCUT2D eigenvalue weighted by Gasteiger charge is -2.06. The number of benzene rings is 1. The molecule has 2 nitrogen and oxygen atoms in total. The van der Waals surface area contributed by atoms with Gasteiger partial charge in [0, 0.05) is 18.5 Å². The lowest BCUT2D eigenvalue weighted by molar-refractivity contribution is 0.757. The molecule has 1 aromatic carbocycles. The fourth-order valence-electron chi connectivity index (χ4n) is 2.17. The minimum absolute atomic E-state index is 0.918. The van der Waals surface area contributed by atoms with Crippen molar-refractivity contribution in [3.8, 4) is 0 Å². The highest BCUT2D eigenvalue weighted by molar-refractivity contribution is 5.83. The van der Waals surface area contributed by atoms with Crippen molar-refractivity contribution in [2.45, 2.75) is 20.0 Å². The maximum atomic E-state index is 4.65. The quantitative estimate of drug-likeness (QED) is 0.678. The van der Waals surface area contributed by atoms with Crippen molar-refractivity contribution in [2.75, 3.05) is 0 Å². The van der Waals surface area contributed by atoms with Crippen molar-refractivity contribution in [1.82, 2.24) is 10.3 Å². The number of hydrogen-bond donors (Lipinski definition) is 1. The first-order chi connectivity index (χ1) is 6.86. The Balaban J connectivity index is 2.44. The van der Waals surface area contributed by atoms with E-state index in [2.05, 4.69) is 35.4 Å². The van der Waals surface area contributed by atoms with Gasteiger partial charge in [0.15, 0.2) is 0 Å². The first-order valence-corrected chi connectivity index (χ1v) is 4.94.